The van der Waals surface area contributed by atoms with Crippen molar-refractivity contribution < 1.29 is 22.7 Å². The Bertz CT molecular complexity index is 830. The van der Waals surface area contributed by atoms with Gasteiger partial charge in [0, 0.05) is 0 Å². The largest absolute Gasteiger partial charge is 0.480 e. The van der Waals surface area contributed by atoms with Gasteiger partial charge in [-0.1, -0.05) is 6.07 Å². The molecule has 22 heavy (non-hydrogen) atoms. The maximum absolute atomic E-state index is 13.2. The number of aliphatic carboxylic acids is 1. The van der Waals surface area contributed by atoms with Gasteiger partial charge in [-0.15, -0.1) is 0 Å². The third kappa shape index (κ3) is 3.25. The number of carbonyl (C=O) groups is 1. The average molecular weight is 327 g/mol. The molecular formula is C13H14FN3O4S. The molecule has 2 N–H and O–H groups in total. The number of rotatable bonds is 5. The van der Waals surface area contributed by atoms with Gasteiger partial charge in [0.1, 0.15) is 12.4 Å². The van der Waals surface area contributed by atoms with Crippen molar-refractivity contribution in [2.24, 2.45) is 0 Å². The van der Waals surface area contributed by atoms with Crippen LogP contribution in [0.25, 0.3) is 0 Å². The number of nitrogens with one attached hydrogen (secondary N) is 1. The molecule has 0 bridgehead atoms. The highest BCUT2D eigenvalue weighted by molar-refractivity contribution is 7.92. The van der Waals surface area contributed by atoms with Crippen LogP contribution in [0.2, 0.25) is 0 Å². The Morgan fingerprint density at radius 2 is 2.09 bits per heavy atom. The first-order valence-corrected chi connectivity index (χ1v) is 7.73. The van der Waals surface area contributed by atoms with Gasteiger partial charge in [0.15, 0.2) is 0 Å². The minimum atomic E-state index is -3.99. The first-order valence-electron chi connectivity index (χ1n) is 6.25. The van der Waals surface area contributed by atoms with Gasteiger partial charge in [0.2, 0.25) is 0 Å². The fourth-order valence-electron chi connectivity index (χ4n) is 1.95. The van der Waals surface area contributed by atoms with Crippen LogP contribution >= 0.6 is 0 Å². The lowest BCUT2D eigenvalue weighted by Gasteiger charge is -2.08. The summed E-state index contributed by atoms with van der Waals surface area (Å²) in [4.78, 5) is 10.5. The van der Waals surface area contributed by atoms with Crippen LogP contribution in [0.1, 0.15) is 11.4 Å². The molecule has 0 aliphatic carbocycles. The Morgan fingerprint density at radius 1 is 1.41 bits per heavy atom. The Labute approximate surface area is 126 Å². The van der Waals surface area contributed by atoms with Crippen molar-refractivity contribution in [1.29, 1.82) is 0 Å². The molecule has 0 amide bonds. The van der Waals surface area contributed by atoms with Crippen molar-refractivity contribution in [2.45, 2.75) is 25.3 Å². The summed E-state index contributed by atoms with van der Waals surface area (Å²) in [6, 6.07) is 4.59. The number of carboxylic acid groups (broad SMARTS) is 1. The van der Waals surface area contributed by atoms with Crippen molar-refractivity contribution in [3.05, 3.63) is 41.5 Å². The monoisotopic (exact) mass is 327 g/mol. The number of aromatic nitrogens is 2. The number of sulfonamides is 1. The molecule has 0 unspecified atom stereocenters. The molecule has 0 atom stereocenters. The van der Waals surface area contributed by atoms with Gasteiger partial charge < -0.3 is 5.11 Å². The van der Waals surface area contributed by atoms with E-state index < -0.39 is 21.8 Å². The van der Waals surface area contributed by atoms with E-state index in [0.29, 0.717) is 11.4 Å². The molecule has 9 heteroatoms. The Hall–Kier alpha value is -2.42. The number of aryl methyl sites for hydroxylation is 1. The fourth-order valence-corrected chi connectivity index (χ4v) is 3.16. The van der Waals surface area contributed by atoms with Crippen LogP contribution in [0.3, 0.4) is 0 Å². The van der Waals surface area contributed by atoms with Crippen LogP contribution in [-0.4, -0.2) is 29.3 Å². The predicted molar refractivity (Wildman–Crippen MR) is 76.5 cm³/mol. The van der Waals surface area contributed by atoms with Gasteiger partial charge in [-0.2, -0.15) is 5.10 Å². The van der Waals surface area contributed by atoms with Gasteiger partial charge in [0.05, 0.1) is 22.0 Å². The smallest absolute Gasteiger partial charge is 0.325 e. The van der Waals surface area contributed by atoms with E-state index in [9.17, 15) is 17.6 Å². The highest BCUT2D eigenvalue weighted by Gasteiger charge is 2.21. The average Bonchev–Trinajstić information content (AvgIpc) is 2.65. The zero-order chi connectivity index (χ0) is 16.5. The molecule has 118 valence electrons. The number of carboxylic acids is 1. The third-order valence-electron chi connectivity index (χ3n) is 3.01. The summed E-state index contributed by atoms with van der Waals surface area (Å²) >= 11 is 0. The number of hydrogen-bond acceptors (Lipinski definition) is 4. The lowest BCUT2D eigenvalue weighted by atomic mass is 10.3. The van der Waals surface area contributed by atoms with E-state index in [1.54, 1.807) is 13.8 Å². The Kier molecular flexibility index (Phi) is 4.18. The first kappa shape index (κ1) is 16.0. The van der Waals surface area contributed by atoms with Crippen molar-refractivity contribution in [3.8, 4) is 0 Å². The summed E-state index contributed by atoms with van der Waals surface area (Å²) in [6.45, 7) is 2.72. The van der Waals surface area contributed by atoms with Crippen LogP contribution in [0, 0.1) is 19.7 Å². The van der Waals surface area contributed by atoms with Crippen molar-refractivity contribution in [2.75, 3.05) is 4.72 Å². The van der Waals surface area contributed by atoms with Crippen molar-refractivity contribution in [3.63, 3.8) is 0 Å². The van der Waals surface area contributed by atoms with Gasteiger partial charge in [0.25, 0.3) is 10.0 Å². The number of halogens is 1. The summed E-state index contributed by atoms with van der Waals surface area (Å²) < 4.78 is 41.2. The van der Waals surface area contributed by atoms with E-state index in [1.165, 1.54) is 16.8 Å². The molecule has 0 spiro atoms. The van der Waals surface area contributed by atoms with E-state index in [-0.39, 0.29) is 17.1 Å². The standard InChI is InChI=1S/C13H14FN3O4S/c1-8-13(9(2)17(15-8)7-12(18)19)16-22(20,21)11-5-3-4-10(14)6-11/h3-6,16H,7H2,1-2H3,(H,18,19). The third-order valence-corrected chi connectivity index (χ3v) is 4.36. The summed E-state index contributed by atoms with van der Waals surface area (Å²) in [5.74, 6) is -1.76. The van der Waals surface area contributed by atoms with Crippen LogP contribution in [0.4, 0.5) is 10.1 Å². The predicted octanol–water partition coefficient (Wildman–Crippen LogP) is 1.52. The number of hydrogen-bond donors (Lipinski definition) is 2. The van der Waals surface area contributed by atoms with Crippen molar-refractivity contribution >= 4 is 21.7 Å². The quantitative estimate of drug-likeness (QED) is 0.867. The molecule has 0 aliphatic rings. The fraction of sp³-hybridized carbons (Fsp3) is 0.231. The molecular weight excluding hydrogens is 313 g/mol. The van der Waals surface area contributed by atoms with E-state index in [4.69, 9.17) is 5.11 Å². The maximum atomic E-state index is 13.2. The normalized spacial score (nSPS) is 11.4. The molecule has 0 aliphatic heterocycles. The molecule has 2 rings (SSSR count). The highest BCUT2D eigenvalue weighted by Crippen LogP contribution is 2.23. The second-order valence-corrected chi connectivity index (χ2v) is 6.34. The second-order valence-electron chi connectivity index (χ2n) is 4.66. The lowest BCUT2D eigenvalue weighted by Crippen LogP contribution is -2.15. The Morgan fingerprint density at radius 3 is 2.68 bits per heavy atom. The molecule has 0 saturated carbocycles. The molecule has 1 aromatic carbocycles. The van der Waals surface area contributed by atoms with E-state index in [1.807, 2.05) is 0 Å². The van der Waals surface area contributed by atoms with Gasteiger partial charge in [-0.25, -0.2) is 12.8 Å². The zero-order valence-electron chi connectivity index (χ0n) is 11.9. The summed E-state index contributed by atoms with van der Waals surface area (Å²) in [5, 5.41) is 12.8. The molecule has 2 aromatic rings. The Balaban J connectivity index is 2.38. The van der Waals surface area contributed by atoms with Crippen molar-refractivity contribution in [1.82, 2.24) is 9.78 Å². The van der Waals surface area contributed by atoms with Crippen LogP contribution in [0.15, 0.2) is 29.2 Å². The van der Waals surface area contributed by atoms with Crippen LogP contribution in [-0.2, 0) is 21.4 Å². The molecule has 1 heterocycles. The van der Waals surface area contributed by atoms with Gasteiger partial charge in [-0.3, -0.25) is 14.2 Å². The van der Waals surface area contributed by atoms with E-state index in [2.05, 4.69) is 9.82 Å². The SMILES string of the molecule is Cc1nn(CC(=O)O)c(C)c1NS(=O)(=O)c1cccc(F)c1. The number of benzene rings is 1. The van der Waals surface area contributed by atoms with E-state index in [0.717, 1.165) is 12.1 Å². The van der Waals surface area contributed by atoms with Gasteiger partial charge in [-0.05, 0) is 32.0 Å². The van der Waals surface area contributed by atoms with E-state index >= 15 is 0 Å². The molecule has 0 radical (unpaired) electrons. The second kappa shape index (κ2) is 5.76. The topological polar surface area (TPSA) is 101 Å². The molecule has 0 saturated heterocycles. The molecule has 7 nitrogen and oxygen atoms in total. The minimum absolute atomic E-state index is 0.186. The van der Waals surface area contributed by atoms with Crippen LogP contribution in [0.5, 0.6) is 0 Å². The highest BCUT2D eigenvalue weighted by atomic mass is 32.2. The zero-order valence-corrected chi connectivity index (χ0v) is 12.7. The molecule has 0 fully saturated rings. The number of anilines is 1. The maximum Gasteiger partial charge on any atom is 0.325 e. The number of nitrogens with zero attached hydrogens (tertiary/aromatic N) is 2. The first-order chi connectivity index (χ1) is 10.2. The lowest BCUT2D eigenvalue weighted by molar-refractivity contribution is -0.137. The minimum Gasteiger partial charge on any atom is -0.480 e. The molecule has 1 aromatic heterocycles. The summed E-state index contributed by atoms with van der Waals surface area (Å²) in [7, 11) is -3.99. The van der Waals surface area contributed by atoms with Gasteiger partial charge >= 0.3 is 5.97 Å². The summed E-state index contributed by atoms with van der Waals surface area (Å²) in [6.07, 6.45) is 0. The van der Waals surface area contributed by atoms with Crippen LogP contribution < -0.4 is 4.72 Å². The summed E-state index contributed by atoms with van der Waals surface area (Å²) in [5.41, 5.74) is 0.879.